The maximum atomic E-state index is 5.41. The van der Waals surface area contributed by atoms with E-state index in [9.17, 15) is 0 Å². The van der Waals surface area contributed by atoms with Gasteiger partial charge in [-0.05, 0) is 35.7 Å². The Morgan fingerprint density at radius 2 is 2.20 bits per heavy atom. The molecule has 2 heterocycles. The monoisotopic (exact) mass is 293 g/mol. The summed E-state index contributed by atoms with van der Waals surface area (Å²) < 4.78 is 5.32. The van der Waals surface area contributed by atoms with Crippen LogP contribution in [-0.4, -0.2) is 23.1 Å². The molecule has 0 radical (unpaired) electrons. The highest BCUT2D eigenvalue weighted by atomic mass is 32.1. The number of nitrogens with two attached hydrogens (primary N) is 1. The zero-order chi connectivity index (χ0) is 14.2. The Morgan fingerprint density at radius 1 is 1.35 bits per heavy atom. The van der Waals surface area contributed by atoms with Crippen LogP contribution >= 0.6 is 11.3 Å². The van der Waals surface area contributed by atoms with Crippen LogP contribution in [0.1, 0.15) is 18.3 Å². The number of aromatic nitrogens is 2. The molecule has 0 atom stereocenters. The van der Waals surface area contributed by atoms with Crippen LogP contribution in [0.25, 0.3) is 0 Å². The van der Waals surface area contributed by atoms with Gasteiger partial charge < -0.3 is 15.5 Å². The van der Waals surface area contributed by atoms with Crippen molar-refractivity contribution in [2.24, 2.45) is 5.84 Å². The fourth-order valence-electron chi connectivity index (χ4n) is 1.69. The molecule has 0 aliphatic heterocycles. The van der Waals surface area contributed by atoms with Crippen molar-refractivity contribution in [1.82, 2.24) is 9.97 Å². The second-order valence-corrected chi connectivity index (χ2v) is 4.92. The van der Waals surface area contributed by atoms with Gasteiger partial charge in [0.15, 0.2) is 5.82 Å². The van der Waals surface area contributed by atoms with Crippen molar-refractivity contribution in [3.05, 3.63) is 34.3 Å². The molecule has 0 spiro atoms. The summed E-state index contributed by atoms with van der Waals surface area (Å²) in [5.41, 5.74) is 3.87. The maximum Gasteiger partial charge on any atom is 0.158 e. The third-order valence-corrected chi connectivity index (χ3v) is 3.39. The summed E-state index contributed by atoms with van der Waals surface area (Å²) in [7, 11) is 0. The first-order valence-corrected chi connectivity index (χ1v) is 7.43. The SMILES string of the molecule is CCOCc1nc(NN)cc(NCCc2ccsc2)n1. The molecule has 0 amide bonds. The third kappa shape index (κ3) is 4.44. The summed E-state index contributed by atoms with van der Waals surface area (Å²) in [6.45, 7) is 3.76. The minimum absolute atomic E-state index is 0.380. The van der Waals surface area contributed by atoms with Crippen LogP contribution in [0.3, 0.4) is 0 Å². The molecule has 0 saturated carbocycles. The van der Waals surface area contributed by atoms with Crippen LogP contribution in [0.4, 0.5) is 11.6 Å². The minimum atomic E-state index is 0.380. The Kier molecular flexibility index (Phi) is 5.72. The average Bonchev–Trinajstić information content (AvgIpc) is 2.98. The van der Waals surface area contributed by atoms with Crippen LogP contribution in [0.15, 0.2) is 22.9 Å². The molecule has 2 aromatic rings. The first kappa shape index (κ1) is 14.7. The zero-order valence-corrected chi connectivity index (χ0v) is 12.2. The van der Waals surface area contributed by atoms with Gasteiger partial charge in [0.2, 0.25) is 0 Å². The summed E-state index contributed by atoms with van der Waals surface area (Å²) in [5, 5.41) is 7.50. The third-order valence-electron chi connectivity index (χ3n) is 2.66. The Labute approximate surface area is 122 Å². The quantitative estimate of drug-likeness (QED) is 0.510. The summed E-state index contributed by atoms with van der Waals surface area (Å²) in [6.07, 6.45) is 0.958. The molecular formula is C13H19N5OS. The molecule has 0 bridgehead atoms. The van der Waals surface area contributed by atoms with Crippen LogP contribution in [0.2, 0.25) is 0 Å². The smallest absolute Gasteiger partial charge is 0.158 e. The van der Waals surface area contributed by atoms with Gasteiger partial charge in [-0.25, -0.2) is 15.8 Å². The second kappa shape index (κ2) is 7.78. The largest absolute Gasteiger partial charge is 0.374 e. The molecule has 0 fully saturated rings. The molecule has 20 heavy (non-hydrogen) atoms. The van der Waals surface area contributed by atoms with Gasteiger partial charge in [-0.3, -0.25) is 0 Å². The summed E-state index contributed by atoms with van der Waals surface area (Å²) in [6, 6.07) is 3.91. The molecule has 4 N–H and O–H groups in total. The highest BCUT2D eigenvalue weighted by molar-refractivity contribution is 7.07. The summed E-state index contributed by atoms with van der Waals surface area (Å²) in [4.78, 5) is 8.63. The lowest BCUT2D eigenvalue weighted by Crippen LogP contribution is -2.13. The van der Waals surface area contributed by atoms with Crippen molar-refractivity contribution in [1.29, 1.82) is 0 Å². The number of nitrogens with zero attached hydrogens (tertiary/aromatic N) is 2. The first-order valence-electron chi connectivity index (χ1n) is 6.49. The summed E-state index contributed by atoms with van der Waals surface area (Å²) in [5.74, 6) is 7.35. The number of hydrogen-bond donors (Lipinski definition) is 3. The molecule has 0 saturated heterocycles. The molecule has 0 aliphatic carbocycles. The van der Waals surface area contributed by atoms with Crippen molar-refractivity contribution in [3.63, 3.8) is 0 Å². The lowest BCUT2D eigenvalue weighted by molar-refractivity contribution is 0.128. The van der Waals surface area contributed by atoms with E-state index < -0.39 is 0 Å². The molecule has 0 aromatic carbocycles. The van der Waals surface area contributed by atoms with E-state index in [2.05, 4.69) is 37.5 Å². The van der Waals surface area contributed by atoms with Crippen LogP contribution in [0, 0.1) is 0 Å². The van der Waals surface area contributed by atoms with E-state index in [1.165, 1.54) is 5.56 Å². The van der Waals surface area contributed by atoms with E-state index in [-0.39, 0.29) is 0 Å². The maximum absolute atomic E-state index is 5.41. The number of hydrazine groups is 1. The van der Waals surface area contributed by atoms with Crippen molar-refractivity contribution < 1.29 is 4.74 Å². The van der Waals surface area contributed by atoms with Gasteiger partial charge in [-0.1, -0.05) is 0 Å². The fraction of sp³-hybridized carbons (Fsp3) is 0.385. The summed E-state index contributed by atoms with van der Waals surface area (Å²) >= 11 is 1.71. The predicted octanol–water partition coefficient (Wildman–Crippen LogP) is 2.01. The van der Waals surface area contributed by atoms with Gasteiger partial charge >= 0.3 is 0 Å². The Morgan fingerprint density at radius 3 is 2.90 bits per heavy atom. The number of hydrogen-bond acceptors (Lipinski definition) is 7. The van der Waals surface area contributed by atoms with Crippen molar-refractivity contribution in [2.45, 2.75) is 20.0 Å². The topological polar surface area (TPSA) is 85.1 Å². The Balaban J connectivity index is 1.94. The lowest BCUT2D eigenvalue weighted by atomic mass is 10.2. The Bertz CT molecular complexity index is 517. The molecule has 2 rings (SSSR count). The first-order chi connectivity index (χ1) is 9.81. The second-order valence-electron chi connectivity index (χ2n) is 4.14. The number of rotatable bonds is 8. The van der Waals surface area contributed by atoms with Crippen LogP contribution in [0.5, 0.6) is 0 Å². The number of nitrogens with one attached hydrogen (secondary N) is 2. The predicted molar refractivity (Wildman–Crippen MR) is 81.7 cm³/mol. The molecule has 7 heteroatoms. The molecule has 2 aromatic heterocycles. The van der Waals surface area contributed by atoms with Crippen molar-refractivity contribution in [3.8, 4) is 0 Å². The fourth-order valence-corrected chi connectivity index (χ4v) is 2.39. The van der Waals surface area contributed by atoms with E-state index in [0.29, 0.717) is 24.9 Å². The number of ether oxygens (including phenoxy) is 1. The van der Waals surface area contributed by atoms with E-state index in [4.69, 9.17) is 10.6 Å². The molecule has 0 unspecified atom stereocenters. The van der Waals surface area contributed by atoms with E-state index in [1.807, 2.05) is 6.92 Å². The van der Waals surface area contributed by atoms with Gasteiger partial charge in [0, 0.05) is 19.2 Å². The molecule has 108 valence electrons. The average molecular weight is 293 g/mol. The number of thiophene rings is 1. The highest BCUT2D eigenvalue weighted by Gasteiger charge is 2.04. The van der Waals surface area contributed by atoms with Gasteiger partial charge in [-0.15, -0.1) is 0 Å². The highest BCUT2D eigenvalue weighted by Crippen LogP contribution is 2.12. The molecule has 6 nitrogen and oxygen atoms in total. The van der Waals surface area contributed by atoms with Gasteiger partial charge in [-0.2, -0.15) is 11.3 Å². The van der Waals surface area contributed by atoms with Gasteiger partial charge in [0.1, 0.15) is 18.2 Å². The normalized spacial score (nSPS) is 10.5. The van der Waals surface area contributed by atoms with Crippen LogP contribution in [-0.2, 0) is 17.8 Å². The van der Waals surface area contributed by atoms with Gasteiger partial charge in [0.25, 0.3) is 0 Å². The van der Waals surface area contributed by atoms with E-state index in [0.717, 1.165) is 18.8 Å². The minimum Gasteiger partial charge on any atom is -0.374 e. The van der Waals surface area contributed by atoms with Crippen LogP contribution < -0.4 is 16.6 Å². The van der Waals surface area contributed by atoms with Crippen molar-refractivity contribution in [2.75, 3.05) is 23.9 Å². The standard InChI is InChI=1S/C13H19N5OS/c1-2-19-8-13-16-11(7-12(17-13)18-14)15-5-3-10-4-6-20-9-10/h4,6-7,9H,2-3,5,8,14H2,1H3,(H2,15,16,17,18). The number of nitrogen functional groups attached to an aromatic ring is 1. The Hall–Kier alpha value is -1.70. The number of anilines is 2. The molecular weight excluding hydrogens is 274 g/mol. The van der Waals surface area contributed by atoms with Gasteiger partial charge in [0.05, 0.1) is 0 Å². The van der Waals surface area contributed by atoms with Crippen molar-refractivity contribution >= 4 is 23.0 Å². The van der Waals surface area contributed by atoms with E-state index in [1.54, 1.807) is 17.4 Å². The lowest BCUT2D eigenvalue weighted by Gasteiger charge is -2.09. The van der Waals surface area contributed by atoms with E-state index >= 15 is 0 Å². The molecule has 0 aliphatic rings. The zero-order valence-electron chi connectivity index (χ0n) is 11.4.